The van der Waals surface area contributed by atoms with Crippen molar-refractivity contribution in [2.24, 2.45) is 34.4 Å². The number of carbonyl (C=O) groups excluding carboxylic acids is 1. The fourth-order valence-electron chi connectivity index (χ4n) is 6.39. The van der Waals surface area contributed by atoms with Gasteiger partial charge in [0.25, 0.3) is 5.91 Å². The number of nitrogens with one attached hydrogen (secondary N) is 1. The number of hydrogen-bond acceptors (Lipinski definition) is 20. The van der Waals surface area contributed by atoms with Gasteiger partial charge in [0.05, 0.1) is 36.9 Å². The summed E-state index contributed by atoms with van der Waals surface area (Å²) < 4.78 is 49.0. The van der Waals surface area contributed by atoms with Crippen LogP contribution in [0.3, 0.4) is 0 Å². The van der Waals surface area contributed by atoms with Gasteiger partial charge in [0.2, 0.25) is 0 Å². The van der Waals surface area contributed by atoms with Crippen molar-refractivity contribution in [1.29, 1.82) is 0 Å². The molecule has 3 saturated heterocycles. The minimum Gasteiger partial charge on any atom is -0.394 e. The molecule has 0 aromatic heterocycles. The van der Waals surface area contributed by atoms with Gasteiger partial charge < -0.3 is 104 Å². The van der Waals surface area contributed by atoms with Crippen LogP contribution in [0, 0.1) is 0 Å². The van der Waals surface area contributed by atoms with Crippen LogP contribution in [0.1, 0.15) is 12.8 Å². The Balaban J connectivity index is 1.56. The summed E-state index contributed by atoms with van der Waals surface area (Å²) in [5.41, 5.74) is 35.2. The molecule has 22 heteroatoms. The van der Waals surface area contributed by atoms with Gasteiger partial charge in [0.15, 0.2) is 25.0 Å². The van der Waals surface area contributed by atoms with E-state index in [1.54, 1.807) is 0 Å². The normalized spacial score (nSPS) is 47.5. The monoisotopic (exact) mass is 717 g/mol. The molecule has 0 aromatic rings. The van der Waals surface area contributed by atoms with Crippen LogP contribution < -0.4 is 39.7 Å². The highest BCUT2D eigenvalue weighted by atomic mass is 19.1. The molecule has 0 spiro atoms. The lowest BCUT2D eigenvalue weighted by Gasteiger charge is -2.47. The highest BCUT2D eigenvalue weighted by molar-refractivity contribution is 5.81. The Morgan fingerprint density at radius 2 is 1.35 bits per heavy atom. The molecule has 4 fully saturated rings. The van der Waals surface area contributed by atoms with Crippen LogP contribution in [0.25, 0.3) is 0 Å². The summed E-state index contributed by atoms with van der Waals surface area (Å²) in [6, 6.07) is -4.53. The SMILES string of the molecule is NC[C@@H]1O[C@H](O[C@H]2[C@@H](O)[C@H](O[C@@H]3[C@@H](O)[C@H](NC(=O)C(O)[C@@H](F)CN)C[C@H](N)[C@H]3O[C@H]3O[C@H](CN)C(O)C[C@H]3N)O[C@@H]2CO)[C@H](N)[C@@H](O)[C@@H]1O. The van der Waals surface area contributed by atoms with Gasteiger partial charge >= 0.3 is 0 Å². The number of carbonyl (C=O) groups is 1. The Morgan fingerprint density at radius 3 is 1.96 bits per heavy atom. The van der Waals surface area contributed by atoms with Crippen LogP contribution in [0.4, 0.5) is 4.39 Å². The summed E-state index contributed by atoms with van der Waals surface area (Å²) in [6.45, 7) is -1.67. The zero-order valence-electron chi connectivity index (χ0n) is 26.6. The van der Waals surface area contributed by atoms with Crippen LogP contribution in [0.15, 0.2) is 0 Å². The van der Waals surface area contributed by atoms with E-state index in [4.69, 9.17) is 62.8 Å². The molecule has 0 aromatic carbocycles. The van der Waals surface area contributed by atoms with Gasteiger partial charge in [0.1, 0.15) is 61.1 Å². The Kier molecular flexibility index (Phi) is 14.4. The molecule has 286 valence electrons. The fraction of sp³-hybridized carbons (Fsp3) is 0.963. The highest BCUT2D eigenvalue weighted by Crippen LogP contribution is 2.34. The summed E-state index contributed by atoms with van der Waals surface area (Å²) in [5.74, 6) is -1.19. The third kappa shape index (κ3) is 8.82. The van der Waals surface area contributed by atoms with E-state index in [1.807, 2.05) is 0 Å². The molecule has 0 bridgehead atoms. The van der Waals surface area contributed by atoms with Crippen LogP contribution in [-0.4, -0.2) is 190 Å². The van der Waals surface area contributed by atoms with Gasteiger partial charge in [-0.3, -0.25) is 4.79 Å². The molecule has 2 unspecified atom stereocenters. The third-order valence-corrected chi connectivity index (χ3v) is 9.34. The average Bonchev–Trinajstić information content (AvgIpc) is 3.38. The minimum atomic E-state index is -2.16. The first-order valence-corrected chi connectivity index (χ1v) is 16.1. The van der Waals surface area contributed by atoms with Crippen LogP contribution in [0.2, 0.25) is 0 Å². The van der Waals surface area contributed by atoms with E-state index in [0.29, 0.717) is 0 Å². The second kappa shape index (κ2) is 17.4. The van der Waals surface area contributed by atoms with Crippen molar-refractivity contribution < 1.29 is 73.4 Å². The molecule has 4 aliphatic rings. The first kappa shape index (κ1) is 40.4. The van der Waals surface area contributed by atoms with E-state index in [-0.39, 0.29) is 25.9 Å². The Hall–Kier alpha value is -1.36. The molecular formula is C27H52FN7O14. The predicted molar refractivity (Wildman–Crippen MR) is 161 cm³/mol. The first-order valence-electron chi connectivity index (χ1n) is 16.1. The Bertz CT molecular complexity index is 1060. The number of aliphatic hydroxyl groups is 7. The molecular weight excluding hydrogens is 665 g/mol. The summed E-state index contributed by atoms with van der Waals surface area (Å²) in [6.07, 6.45) is -23.6. The smallest absolute Gasteiger partial charge is 0.252 e. The maximum atomic E-state index is 14.0. The van der Waals surface area contributed by atoms with Gasteiger partial charge in [-0.15, -0.1) is 0 Å². The Morgan fingerprint density at radius 1 is 0.755 bits per heavy atom. The number of amides is 1. The van der Waals surface area contributed by atoms with Crippen molar-refractivity contribution in [2.45, 2.75) is 135 Å². The second-order valence-corrected chi connectivity index (χ2v) is 12.8. The highest BCUT2D eigenvalue weighted by Gasteiger charge is 2.54. The number of ether oxygens (including phenoxy) is 6. The van der Waals surface area contributed by atoms with Gasteiger partial charge in [-0.1, -0.05) is 0 Å². The first-order chi connectivity index (χ1) is 23.2. The molecule has 1 amide bonds. The summed E-state index contributed by atoms with van der Waals surface area (Å²) in [4.78, 5) is 12.6. The van der Waals surface area contributed by atoms with Crippen molar-refractivity contribution in [1.82, 2.24) is 5.32 Å². The molecule has 3 aliphatic heterocycles. The summed E-state index contributed by atoms with van der Waals surface area (Å²) >= 11 is 0. The number of halogens is 1. The van der Waals surface area contributed by atoms with Crippen molar-refractivity contribution in [2.75, 3.05) is 26.2 Å². The van der Waals surface area contributed by atoms with Gasteiger partial charge in [0, 0.05) is 25.7 Å². The fourth-order valence-corrected chi connectivity index (χ4v) is 6.39. The number of rotatable bonds is 13. The third-order valence-electron chi connectivity index (χ3n) is 9.34. The molecule has 3 heterocycles. The lowest BCUT2D eigenvalue weighted by atomic mass is 9.83. The van der Waals surface area contributed by atoms with Crippen molar-refractivity contribution in [3.8, 4) is 0 Å². The number of alkyl halides is 1. The van der Waals surface area contributed by atoms with Crippen molar-refractivity contribution in [3.05, 3.63) is 0 Å². The van der Waals surface area contributed by atoms with E-state index in [1.165, 1.54) is 0 Å². The van der Waals surface area contributed by atoms with E-state index in [0.717, 1.165) is 0 Å². The van der Waals surface area contributed by atoms with Crippen LogP contribution >= 0.6 is 0 Å². The zero-order valence-corrected chi connectivity index (χ0v) is 26.6. The molecule has 49 heavy (non-hydrogen) atoms. The summed E-state index contributed by atoms with van der Waals surface area (Å²) in [5, 5.41) is 76.0. The van der Waals surface area contributed by atoms with E-state index >= 15 is 0 Å². The second-order valence-electron chi connectivity index (χ2n) is 12.8. The topological polar surface area (TPSA) is 382 Å². The minimum absolute atomic E-state index is 0.0362. The van der Waals surface area contributed by atoms with Crippen LogP contribution in [0.5, 0.6) is 0 Å². The van der Waals surface area contributed by atoms with E-state index in [2.05, 4.69) is 5.32 Å². The lowest BCUT2D eigenvalue weighted by molar-refractivity contribution is -0.296. The molecule has 1 aliphatic carbocycles. The van der Waals surface area contributed by atoms with Gasteiger partial charge in [-0.25, -0.2) is 4.39 Å². The average molecular weight is 718 g/mol. The number of aliphatic hydroxyl groups excluding tert-OH is 7. The van der Waals surface area contributed by atoms with Crippen molar-refractivity contribution >= 4 is 5.91 Å². The van der Waals surface area contributed by atoms with E-state index in [9.17, 15) is 44.9 Å². The Labute approximate surface area is 280 Å². The zero-order chi connectivity index (χ0) is 36.3. The largest absolute Gasteiger partial charge is 0.394 e. The summed E-state index contributed by atoms with van der Waals surface area (Å²) in [7, 11) is 0. The number of hydrogen-bond donors (Lipinski definition) is 14. The quantitative estimate of drug-likeness (QED) is 0.0840. The molecule has 20 atom stereocenters. The molecule has 1 saturated carbocycles. The van der Waals surface area contributed by atoms with Crippen molar-refractivity contribution in [3.63, 3.8) is 0 Å². The van der Waals surface area contributed by atoms with Crippen LogP contribution in [-0.2, 0) is 33.2 Å². The molecule has 0 radical (unpaired) electrons. The van der Waals surface area contributed by atoms with E-state index < -0.39 is 142 Å². The maximum Gasteiger partial charge on any atom is 0.252 e. The lowest BCUT2D eigenvalue weighted by Crippen LogP contribution is -2.67. The molecule has 20 N–H and O–H groups in total. The number of nitrogens with two attached hydrogens (primary N) is 6. The standard InChI is InChI=1S/C27H52FN7O14/c28-7(3-29)16(38)24(43)35-10-1-8(32)21(47-25-9(33)2-11(37)12(4-30)44-25)23(17(10)39)49-27-20(42)22(14(6-36)46-27)48-26-15(34)19(41)18(40)13(5-31)45-26/h7-23,25-27,36-42H,1-6,29-34H2,(H,35,43)/t7-,8-,9+,10+,11?,12+,13-,14+,15+,16?,17-,18+,19+,20+,21+,22+,23+,25+,26+,27-/m0/s1. The maximum absolute atomic E-state index is 14.0. The van der Waals surface area contributed by atoms with Gasteiger partial charge in [-0.05, 0) is 12.8 Å². The predicted octanol–water partition coefficient (Wildman–Crippen LogP) is -9.05. The van der Waals surface area contributed by atoms with Gasteiger partial charge in [-0.2, -0.15) is 0 Å². The molecule has 4 rings (SSSR count). The molecule has 21 nitrogen and oxygen atoms in total.